The van der Waals surface area contributed by atoms with Gasteiger partial charge >= 0.3 is 0 Å². The monoisotopic (exact) mass is 228 g/mol. The van der Waals surface area contributed by atoms with Gasteiger partial charge in [0.15, 0.2) is 0 Å². The lowest BCUT2D eigenvalue weighted by molar-refractivity contribution is 0.620. The molecule has 14 heavy (non-hydrogen) atoms. The minimum atomic E-state index is -0.197. The summed E-state index contributed by atoms with van der Waals surface area (Å²) in [5.74, 6) is 0.0457. The van der Waals surface area contributed by atoms with Gasteiger partial charge in [-0.1, -0.05) is 13.0 Å². The molecule has 0 radical (unpaired) electrons. The minimum absolute atomic E-state index is 0.197. The minimum Gasteiger partial charge on any atom is -0.207 e. The highest BCUT2D eigenvalue weighted by molar-refractivity contribution is 7.17. The number of alkyl halides is 1. The third-order valence-corrected chi connectivity index (χ3v) is 3.75. The Labute approximate surface area is 91.3 Å². The first-order chi connectivity index (χ1) is 6.77. The van der Waals surface area contributed by atoms with E-state index < -0.39 is 0 Å². The van der Waals surface area contributed by atoms with E-state index in [0.717, 1.165) is 16.5 Å². The van der Waals surface area contributed by atoms with E-state index >= 15 is 0 Å². The zero-order valence-corrected chi connectivity index (χ0v) is 9.38. The summed E-state index contributed by atoms with van der Waals surface area (Å²) in [6.45, 7) is 2.10. The maximum absolute atomic E-state index is 13.4. The van der Waals surface area contributed by atoms with E-state index in [9.17, 15) is 4.39 Å². The number of aryl methyl sites for hydroxylation is 1. The van der Waals surface area contributed by atoms with Gasteiger partial charge in [0.1, 0.15) is 5.82 Å². The Hall–Kier alpha value is -0.600. The summed E-state index contributed by atoms with van der Waals surface area (Å²) in [6.07, 6.45) is 0.980. The lowest BCUT2D eigenvalue weighted by atomic mass is 10.1. The maximum Gasteiger partial charge on any atom is 0.129 e. The number of thiophene rings is 1. The normalized spacial score (nSPS) is 11.1. The molecule has 0 unspecified atom stereocenters. The molecule has 0 fully saturated rings. The molecule has 1 aromatic carbocycles. The van der Waals surface area contributed by atoms with Gasteiger partial charge < -0.3 is 0 Å². The molecule has 2 aromatic rings. The predicted molar refractivity (Wildman–Crippen MR) is 60.7 cm³/mol. The predicted octanol–water partition coefficient (Wildman–Crippen LogP) is 4.34. The molecule has 0 bridgehead atoms. The standard InChI is InChI=1S/C11H10ClFS/c1-2-7-6-14-11-8(7)3-4-10(13)9(11)5-12/h3-4,6H,2,5H2,1H3. The highest BCUT2D eigenvalue weighted by Gasteiger charge is 2.10. The van der Waals surface area contributed by atoms with Crippen LogP contribution in [0.4, 0.5) is 4.39 Å². The van der Waals surface area contributed by atoms with Crippen molar-refractivity contribution in [3.8, 4) is 0 Å². The van der Waals surface area contributed by atoms with Crippen LogP contribution in [0.3, 0.4) is 0 Å². The average Bonchev–Trinajstić information content (AvgIpc) is 2.60. The van der Waals surface area contributed by atoms with E-state index in [1.165, 1.54) is 11.6 Å². The van der Waals surface area contributed by atoms with Crippen molar-refractivity contribution >= 4 is 33.0 Å². The van der Waals surface area contributed by atoms with Gasteiger partial charge in [0.25, 0.3) is 0 Å². The van der Waals surface area contributed by atoms with E-state index in [4.69, 9.17) is 11.6 Å². The summed E-state index contributed by atoms with van der Waals surface area (Å²) in [7, 11) is 0. The van der Waals surface area contributed by atoms with Crippen LogP contribution in [0.5, 0.6) is 0 Å². The van der Waals surface area contributed by atoms with Crippen LogP contribution in [0.15, 0.2) is 17.5 Å². The second-order valence-corrected chi connectivity index (χ2v) is 4.30. The first-order valence-electron chi connectivity index (χ1n) is 4.51. The first kappa shape index (κ1) is 9.94. The SMILES string of the molecule is CCc1csc2c(CCl)c(F)ccc12. The molecule has 0 nitrogen and oxygen atoms in total. The van der Waals surface area contributed by atoms with Crippen molar-refractivity contribution in [1.29, 1.82) is 0 Å². The van der Waals surface area contributed by atoms with Crippen molar-refractivity contribution in [3.05, 3.63) is 34.5 Å². The molecule has 0 aliphatic heterocycles. The number of rotatable bonds is 2. The molecule has 0 atom stereocenters. The topological polar surface area (TPSA) is 0 Å². The van der Waals surface area contributed by atoms with E-state index in [1.807, 2.05) is 6.07 Å². The van der Waals surface area contributed by atoms with Gasteiger partial charge in [-0.25, -0.2) is 4.39 Å². The van der Waals surface area contributed by atoms with Crippen LogP contribution in [0.25, 0.3) is 10.1 Å². The van der Waals surface area contributed by atoms with Crippen molar-refractivity contribution in [2.75, 3.05) is 0 Å². The Balaban J connectivity index is 2.76. The molecule has 1 aromatic heterocycles. The third kappa shape index (κ3) is 1.43. The van der Waals surface area contributed by atoms with Crippen LogP contribution in [0.2, 0.25) is 0 Å². The molecular formula is C11H10ClFS. The van der Waals surface area contributed by atoms with Crippen molar-refractivity contribution in [3.63, 3.8) is 0 Å². The maximum atomic E-state index is 13.4. The highest BCUT2D eigenvalue weighted by atomic mass is 35.5. The molecule has 0 amide bonds. The lowest BCUT2D eigenvalue weighted by Crippen LogP contribution is -1.86. The van der Waals surface area contributed by atoms with Gasteiger partial charge in [-0.2, -0.15) is 0 Å². The van der Waals surface area contributed by atoms with Crippen molar-refractivity contribution < 1.29 is 4.39 Å². The Morgan fingerprint density at radius 2 is 2.21 bits per heavy atom. The molecule has 0 spiro atoms. The zero-order chi connectivity index (χ0) is 10.1. The average molecular weight is 229 g/mol. The quantitative estimate of drug-likeness (QED) is 0.671. The van der Waals surface area contributed by atoms with Crippen LogP contribution in [-0.2, 0) is 12.3 Å². The van der Waals surface area contributed by atoms with E-state index in [2.05, 4.69) is 12.3 Å². The Morgan fingerprint density at radius 3 is 2.86 bits per heavy atom. The van der Waals surface area contributed by atoms with Gasteiger partial charge in [0.2, 0.25) is 0 Å². The second-order valence-electron chi connectivity index (χ2n) is 3.15. The van der Waals surface area contributed by atoms with Crippen molar-refractivity contribution in [2.24, 2.45) is 0 Å². The molecule has 0 saturated carbocycles. The molecule has 2 rings (SSSR count). The molecule has 3 heteroatoms. The number of hydrogen-bond acceptors (Lipinski definition) is 1. The third-order valence-electron chi connectivity index (χ3n) is 2.38. The summed E-state index contributed by atoms with van der Waals surface area (Å²) < 4.78 is 14.4. The Morgan fingerprint density at radius 1 is 1.43 bits per heavy atom. The van der Waals surface area contributed by atoms with Crippen LogP contribution in [-0.4, -0.2) is 0 Å². The fraction of sp³-hybridized carbons (Fsp3) is 0.273. The largest absolute Gasteiger partial charge is 0.207 e. The van der Waals surface area contributed by atoms with Crippen molar-refractivity contribution in [2.45, 2.75) is 19.2 Å². The summed E-state index contributed by atoms with van der Waals surface area (Å²) in [4.78, 5) is 0. The number of benzene rings is 1. The van der Waals surface area contributed by atoms with Crippen LogP contribution in [0.1, 0.15) is 18.1 Å². The van der Waals surface area contributed by atoms with Gasteiger partial charge in [-0.3, -0.25) is 0 Å². The lowest BCUT2D eigenvalue weighted by Gasteiger charge is -2.01. The summed E-state index contributed by atoms with van der Waals surface area (Å²) >= 11 is 7.31. The van der Waals surface area contributed by atoms with Gasteiger partial charge in [0, 0.05) is 10.3 Å². The molecule has 0 aliphatic carbocycles. The molecule has 74 valence electrons. The van der Waals surface area contributed by atoms with E-state index in [1.54, 1.807) is 11.3 Å². The zero-order valence-electron chi connectivity index (χ0n) is 7.81. The Kier molecular flexibility index (Phi) is 2.75. The second kappa shape index (κ2) is 3.87. The highest BCUT2D eigenvalue weighted by Crippen LogP contribution is 2.31. The number of halogens is 2. The first-order valence-corrected chi connectivity index (χ1v) is 5.92. The molecule has 1 heterocycles. The van der Waals surface area contributed by atoms with Crippen LogP contribution >= 0.6 is 22.9 Å². The smallest absolute Gasteiger partial charge is 0.129 e. The van der Waals surface area contributed by atoms with Gasteiger partial charge in [-0.05, 0) is 28.8 Å². The van der Waals surface area contributed by atoms with Crippen LogP contribution < -0.4 is 0 Å². The fourth-order valence-corrected chi connectivity index (χ4v) is 3.12. The molecular weight excluding hydrogens is 219 g/mol. The fourth-order valence-electron chi connectivity index (χ4n) is 1.58. The van der Waals surface area contributed by atoms with Gasteiger partial charge in [-0.15, -0.1) is 22.9 Å². The Bertz CT molecular complexity index is 462. The van der Waals surface area contributed by atoms with Gasteiger partial charge in [0.05, 0.1) is 5.88 Å². The summed E-state index contributed by atoms with van der Waals surface area (Å²) in [6, 6.07) is 3.35. The number of hydrogen-bond donors (Lipinski definition) is 0. The number of fused-ring (bicyclic) bond motifs is 1. The molecule has 0 N–H and O–H groups in total. The van der Waals surface area contributed by atoms with E-state index in [0.29, 0.717) is 5.56 Å². The van der Waals surface area contributed by atoms with E-state index in [-0.39, 0.29) is 11.7 Å². The summed E-state index contributed by atoms with van der Waals surface area (Å²) in [5.41, 5.74) is 1.91. The molecule has 0 saturated heterocycles. The van der Waals surface area contributed by atoms with Crippen LogP contribution in [0, 0.1) is 5.82 Å². The molecule has 0 aliphatic rings. The van der Waals surface area contributed by atoms with Crippen molar-refractivity contribution in [1.82, 2.24) is 0 Å². The summed E-state index contributed by atoms with van der Waals surface area (Å²) in [5, 5.41) is 3.23.